The van der Waals surface area contributed by atoms with Crippen LogP contribution in [0.15, 0.2) is 0 Å². The van der Waals surface area contributed by atoms with Gasteiger partial charge in [0.15, 0.2) is 0 Å². The number of piperidine rings is 1. The average Bonchev–Trinajstić information content (AvgIpc) is 3.01. The van der Waals surface area contributed by atoms with Crippen LogP contribution in [-0.4, -0.2) is 46.7 Å². The Labute approximate surface area is 184 Å². The van der Waals surface area contributed by atoms with Crippen LogP contribution in [0.25, 0.3) is 0 Å². The van der Waals surface area contributed by atoms with Crippen LogP contribution >= 0.6 is 0 Å². The number of nitrogens with zero attached hydrogens (tertiary/aromatic N) is 1. The lowest BCUT2D eigenvalue weighted by atomic mass is 9.46. The van der Waals surface area contributed by atoms with E-state index in [1.165, 1.54) is 32.1 Å². The van der Waals surface area contributed by atoms with Crippen LogP contribution in [0.5, 0.6) is 0 Å². The summed E-state index contributed by atoms with van der Waals surface area (Å²) < 4.78 is 0. The van der Waals surface area contributed by atoms with E-state index in [0.29, 0.717) is 24.4 Å². The first-order chi connectivity index (χ1) is 13.8. The number of β-amino-alcohol motifs (C(OH)–C–C–N with tert-alkyl or cyclic N) is 1. The van der Waals surface area contributed by atoms with Crippen molar-refractivity contribution in [2.24, 2.45) is 34.5 Å². The summed E-state index contributed by atoms with van der Waals surface area (Å²) in [6.07, 6.45) is 9.15. The molecule has 0 bridgehead atoms. The Bertz CT molecular complexity index is 683. The van der Waals surface area contributed by atoms with Crippen molar-refractivity contribution in [1.82, 2.24) is 10.2 Å². The molecule has 4 fully saturated rings. The molecule has 1 aliphatic heterocycles. The van der Waals surface area contributed by atoms with Crippen molar-refractivity contribution in [3.63, 3.8) is 0 Å². The molecule has 8 atom stereocenters. The van der Waals surface area contributed by atoms with E-state index < -0.39 is 5.60 Å². The normalized spacial score (nSPS) is 46.1. The molecule has 0 aromatic heterocycles. The van der Waals surface area contributed by atoms with Crippen LogP contribution in [0.4, 0.5) is 0 Å². The number of amides is 1. The lowest BCUT2D eigenvalue weighted by molar-refractivity contribution is -0.162. The molecule has 0 spiro atoms. The molecule has 4 aliphatic rings. The largest absolute Gasteiger partial charge is 0.389 e. The number of hydrogen-bond acceptors (Lipinski definition) is 3. The fourth-order valence-electron chi connectivity index (χ4n) is 8.74. The van der Waals surface area contributed by atoms with Crippen molar-refractivity contribution in [2.45, 2.75) is 110 Å². The molecular weight excluding hydrogens is 372 g/mol. The van der Waals surface area contributed by atoms with Crippen LogP contribution in [0.2, 0.25) is 0 Å². The molecule has 4 heteroatoms. The van der Waals surface area contributed by atoms with Gasteiger partial charge in [-0.25, -0.2) is 0 Å². The van der Waals surface area contributed by atoms with Crippen molar-refractivity contribution in [2.75, 3.05) is 13.6 Å². The Kier molecular flexibility index (Phi) is 5.42. The van der Waals surface area contributed by atoms with E-state index >= 15 is 0 Å². The molecular formula is C26H46N2O2. The van der Waals surface area contributed by atoms with Crippen LogP contribution < -0.4 is 5.32 Å². The second-order valence-electron chi connectivity index (χ2n) is 13.1. The Morgan fingerprint density at radius 2 is 1.67 bits per heavy atom. The molecule has 4 rings (SSSR count). The Hall–Kier alpha value is -0.610. The van der Waals surface area contributed by atoms with E-state index in [-0.39, 0.29) is 16.4 Å². The summed E-state index contributed by atoms with van der Waals surface area (Å²) in [4.78, 5) is 14.5. The summed E-state index contributed by atoms with van der Waals surface area (Å²) in [6.45, 7) is 14.3. The minimum absolute atomic E-state index is 0.0258. The number of rotatable bonds is 3. The van der Waals surface area contributed by atoms with Gasteiger partial charge in [0, 0.05) is 31.6 Å². The fourth-order valence-corrected chi connectivity index (χ4v) is 8.74. The van der Waals surface area contributed by atoms with Gasteiger partial charge in [-0.15, -0.1) is 0 Å². The van der Waals surface area contributed by atoms with E-state index in [9.17, 15) is 9.90 Å². The van der Waals surface area contributed by atoms with Gasteiger partial charge in [-0.05, 0) is 107 Å². The molecule has 4 nitrogen and oxygen atoms in total. The van der Waals surface area contributed by atoms with E-state index in [1.807, 2.05) is 7.05 Å². The van der Waals surface area contributed by atoms with Crippen molar-refractivity contribution < 1.29 is 9.90 Å². The van der Waals surface area contributed by atoms with Crippen LogP contribution in [-0.2, 0) is 4.79 Å². The summed E-state index contributed by atoms with van der Waals surface area (Å²) in [5, 5.41) is 15.1. The number of likely N-dealkylation sites (tertiary alicyclic amines) is 1. The monoisotopic (exact) mass is 418 g/mol. The predicted molar refractivity (Wildman–Crippen MR) is 122 cm³/mol. The average molecular weight is 419 g/mol. The molecule has 0 aromatic carbocycles. The minimum Gasteiger partial charge on any atom is -0.389 e. The first-order valence-electron chi connectivity index (χ1n) is 12.5. The maximum Gasteiger partial charge on any atom is 0.222 e. The highest BCUT2D eigenvalue weighted by Gasteiger charge is 2.63. The van der Waals surface area contributed by atoms with E-state index in [2.05, 4.69) is 51.8 Å². The topological polar surface area (TPSA) is 52.6 Å². The standard InChI is InChI=1S/C26H46N2O2/c1-23(2,3)27-16-26(6,30)20-10-9-18-17-8-11-21-25(5,15-13-22(29)28(21)7)19(17)12-14-24(18,20)4/h17-21,27,30H,8-16H2,1-7H3/t17?,18?,19?,20-,21?,24-,25+,26?/m0/s1. The van der Waals surface area contributed by atoms with Gasteiger partial charge in [-0.3, -0.25) is 4.79 Å². The van der Waals surface area contributed by atoms with Gasteiger partial charge in [0.05, 0.1) is 5.60 Å². The SMILES string of the molecule is CN1C(=O)CC[C@]2(C)C3CC[C@@]4(C)C(CC[C@@H]4C(C)(O)CNC(C)(C)C)C3CCC12. The summed E-state index contributed by atoms with van der Waals surface area (Å²) >= 11 is 0. The van der Waals surface area contributed by atoms with Crippen LogP contribution in [0, 0.1) is 34.5 Å². The highest BCUT2D eigenvalue weighted by molar-refractivity contribution is 5.77. The summed E-state index contributed by atoms with van der Waals surface area (Å²) in [7, 11) is 2.04. The zero-order chi connectivity index (χ0) is 22.1. The first-order valence-corrected chi connectivity index (χ1v) is 12.5. The third-order valence-corrected chi connectivity index (χ3v) is 10.3. The predicted octanol–water partition coefficient (Wildman–Crippen LogP) is 4.61. The Morgan fingerprint density at radius 1 is 1.00 bits per heavy atom. The zero-order valence-corrected chi connectivity index (χ0v) is 20.6. The van der Waals surface area contributed by atoms with E-state index in [0.717, 1.165) is 37.0 Å². The van der Waals surface area contributed by atoms with Gasteiger partial charge < -0.3 is 15.3 Å². The van der Waals surface area contributed by atoms with E-state index in [1.54, 1.807) is 0 Å². The molecule has 1 saturated heterocycles. The molecule has 3 saturated carbocycles. The molecule has 0 radical (unpaired) electrons. The van der Waals surface area contributed by atoms with Crippen molar-refractivity contribution >= 4 is 5.91 Å². The van der Waals surface area contributed by atoms with Gasteiger partial charge in [0.2, 0.25) is 5.91 Å². The van der Waals surface area contributed by atoms with Crippen molar-refractivity contribution in [1.29, 1.82) is 0 Å². The number of hydrogen-bond donors (Lipinski definition) is 2. The van der Waals surface area contributed by atoms with Gasteiger partial charge >= 0.3 is 0 Å². The number of fused-ring (bicyclic) bond motifs is 5. The van der Waals surface area contributed by atoms with Gasteiger partial charge in [-0.1, -0.05) is 13.8 Å². The second kappa shape index (κ2) is 7.20. The third kappa shape index (κ3) is 3.45. The van der Waals surface area contributed by atoms with Crippen molar-refractivity contribution in [3.8, 4) is 0 Å². The molecule has 2 N–H and O–H groups in total. The summed E-state index contributed by atoms with van der Waals surface area (Å²) in [6, 6.07) is 0.431. The van der Waals surface area contributed by atoms with Crippen LogP contribution in [0.3, 0.4) is 0 Å². The minimum atomic E-state index is -0.664. The number of carbonyl (C=O) groups is 1. The smallest absolute Gasteiger partial charge is 0.222 e. The molecule has 30 heavy (non-hydrogen) atoms. The summed E-state index contributed by atoms with van der Waals surface area (Å²) in [5.74, 6) is 2.94. The lowest BCUT2D eigenvalue weighted by Crippen LogP contribution is -2.62. The maximum absolute atomic E-state index is 12.4. The number of aliphatic hydroxyl groups is 1. The van der Waals surface area contributed by atoms with Gasteiger partial charge in [-0.2, -0.15) is 0 Å². The van der Waals surface area contributed by atoms with Gasteiger partial charge in [0.25, 0.3) is 0 Å². The zero-order valence-electron chi connectivity index (χ0n) is 20.6. The number of nitrogens with one attached hydrogen (secondary N) is 1. The highest BCUT2D eigenvalue weighted by atomic mass is 16.3. The van der Waals surface area contributed by atoms with Gasteiger partial charge in [0.1, 0.15) is 0 Å². The molecule has 1 amide bonds. The molecule has 3 aliphatic carbocycles. The van der Waals surface area contributed by atoms with Crippen LogP contribution in [0.1, 0.15) is 92.9 Å². The fraction of sp³-hybridized carbons (Fsp3) is 0.962. The van der Waals surface area contributed by atoms with E-state index in [4.69, 9.17) is 0 Å². The Balaban J connectivity index is 1.55. The quantitative estimate of drug-likeness (QED) is 0.704. The maximum atomic E-state index is 12.4. The highest BCUT2D eigenvalue weighted by Crippen LogP contribution is 2.67. The molecule has 5 unspecified atom stereocenters. The van der Waals surface area contributed by atoms with Crippen molar-refractivity contribution in [3.05, 3.63) is 0 Å². The molecule has 1 heterocycles. The first kappa shape index (κ1) is 22.6. The lowest BCUT2D eigenvalue weighted by Gasteiger charge is -2.62. The second-order valence-corrected chi connectivity index (χ2v) is 13.1. The summed E-state index contributed by atoms with van der Waals surface area (Å²) in [5.41, 5.74) is -0.120. The molecule has 172 valence electrons. The third-order valence-electron chi connectivity index (χ3n) is 10.3. The number of carbonyl (C=O) groups excluding carboxylic acids is 1. The molecule has 0 aromatic rings. The Morgan fingerprint density at radius 3 is 2.33 bits per heavy atom.